The van der Waals surface area contributed by atoms with Crippen LogP contribution in [0.25, 0.3) is 0 Å². The van der Waals surface area contributed by atoms with Crippen LogP contribution in [-0.4, -0.2) is 58.4 Å². The third kappa shape index (κ3) is 3.56. The Morgan fingerprint density at radius 2 is 2.24 bits per heavy atom. The van der Waals surface area contributed by atoms with Crippen molar-refractivity contribution in [1.29, 1.82) is 0 Å². The van der Waals surface area contributed by atoms with E-state index in [1.54, 1.807) is 17.5 Å². The summed E-state index contributed by atoms with van der Waals surface area (Å²) in [6.07, 6.45) is 0.404. The van der Waals surface area contributed by atoms with Gasteiger partial charge >= 0.3 is 5.97 Å². The van der Waals surface area contributed by atoms with Gasteiger partial charge in [-0.05, 0) is 23.6 Å². The minimum atomic E-state index is -1.20. The number of rotatable bonds is 5. The van der Waals surface area contributed by atoms with Crippen LogP contribution in [0.1, 0.15) is 16.1 Å². The molecule has 0 radical (unpaired) electrons. The molecule has 0 spiro atoms. The Morgan fingerprint density at radius 1 is 1.48 bits per heavy atom. The van der Waals surface area contributed by atoms with Gasteiger partial charge in [-0.25, -0.2) is 4.79 Å². The van der Waals surface area contributed by atoms with E-state index in [0.29, 0.717) is 22.8 Å². The van der Waals surface area contributed by atoms with Crippen molar-refractivity contribution >= 4 is 40.9 Å². The maximum atomic E-state index is 12.0. The molecule has 2 heterocycles. The summed E-state index contributed by atoms with van der Waals surface area (Å²) in [6.45, 7) is -0.156. The SMILES string of the molecule is CN(CC(=O)NC1(C(=O)O)CCSC1)C(=O)c1cccs1. The fraction of sp³-hybridized carbons (Fsp3) is 0.462. The van der Waals surface area contributed by atoms with E-state index in [0.717, 1.165) is 0 Å². The number of nitrogens with one attached hydrogen (secondary N) is 1. The number of carbonyl (C=O) groups is 3. The zero-order valence-electron chi connectivity index (χ0n) is 11.5. The van der Waals surface area contributed by atoms with Crippen LogP contribution < -0.4 is 5.32 Å². The second-order valence-corrected chi connectivity index (χ2v) is 6.93. The number of hydrogen-bond acceptors (Lipinski definition) is 5. The average Bonchev–Trinajstić information content (AvgIpc) is 3.08. The van der Waals surface area contributed by atoms with Crippen molar-refractivity contribution in [2.24, 2.45) is 0 Å². The number of hydrogen-bond donors (Lipinski definition) is 2. The molecule has 0 aromatic carbocycles. The fourth-order valence-electron chi connectivity index (χ4n) is 2.07. The molecule has 2 rings (SSSR count). The van der Waals surface area contributed by atoms with Gasteiger partial charge in [0, 0.05) is 12.8 Å². The Bertz CT molecular complexity index is 538. The molecule has 0 bridgehead atoms. The van der Waals surface area contributed by atoms with E-state index in [2.05, 4.69) is 5.32 Å². The first-order valence-corrected chi connectivity index (χ1v) is 8.39. The maximum Gasteiger partial charge on any atom is 0.330 e. The summed E-state index contributed by atoms with van der Waals surface area (Å²) in [5.41, 5.74) is -1.20. The Balaban J connectivity index is 1.95. The molecule has 1 aliphatic heterocycles. The number of carbonyl (C=O) groups excluding carboxylic acids is 2. The number of nitrogens with zero attached hydrogens (tertiary/aromatic N) is 1. The van der Waals surface area contributed by atoms with E-state index in [1.165, 1.54) is 35.0 Å². The lowest BCUT2D eigenvalue weighted by molar-refractivity contribution is -0.146. The predicted molar refractivity (Wildman–Crippen MR) is 81.7 cm³/mol. The topological polar surface area (TPSA) is 86.7 Å². The van der Waals surface area contributed by atoms with E-state index >= 15 is 0 Å². The van der Waals surface area contributed by atoms with Crippen LogP contribution in [0.3, 0.4) is 0 Å². The lowest BCUT2D eigenvalue weighted by Gasteiger charge is -2.26. The van der Waals surface area contributed by atoms with Gasteiger partial charge in [-0.15, -0.1) is 11.3 Å². The molecule has 1 saturated heterocycles. The second-order valence-electron chi connectivity index (χ2n) is 4.88. The highest BCUT2D eigenvalue weighted by Gasteiger charge is 2.43. The van der Waals surface area contributed by atoms with Crippen LogP contribution in [0.4, 0.5) is 0 Å². The smallest absolute Gasteiger partial charge is 0.330 e. The fourth-order valence-corrected chi connectivity index (χ4v) is 4.11. The summed E-state index contributed by atoms with van der Waals surface area (Å²) in [7, 11) is 1.53. The first-order valence-electron chi connectivity index (χ1n) is 6.36. The number of thiophene rings is 1. The molecule has 6 nitrogen and oxygen atoms in total. The van der Waals surface area contributed by atoms with Gasteiger partial charge in [0.15, 0.2) is 0 Å². The molecule has 8 heteroatoms. The maximum absolute atomic E-state index is 12.0. The van der Waals surface area contributed by atoms with Crippen LogP contribution >= 0.6 is 23.1 Å². The number of aliphatic carboxylic acids is 1. The summed E-state index contributed by atoms with van der Waals surface area (Å²) in [4.78, 5) is 37.2. The highest BCUT2D eigenvalue weighted by atomic mass is 32.2. The first-order chi connectivity index (χ1) is 9.94. The average molecular weight is 328 g/mol. The molecular formula is C13H16N2O4S2. The molecular weight excluding hydrogens is 312 g/mol. The summed E-state index contributed by atoms with van der Waals surface area (Å²) < 4.78 is 0. The molecule has 2 N–H and O–H groups in total. The molecule has 21 heavy (non-hydrogen) atoms. The van der Waals surface area contributed by atoms with Crippen molar-refractivity contribution in [3.8, 4) is 0 Å². The summed E-state index contributed by atoms with van der Waals surface area (Å²) in [5.74, 6) is -0.654. The summed E-state index contributed by atoms with van der Waals surface area (Å²) in [5, 5.41) is 13.7. The molecule has 1 aromatic heterocycles. The van der Waals surface area contributed by atoms with Gasteiger partial charge in [0.1, 0.15) is 5.54 Å². The van der Waals surface area contributed by atoms with Crippen molar-refractivity contribution in [3.05, 3.63) is 22.4 Å². The Morgan fingerprint density at radius 3 is 2.76 bits per heavy atom. The van der Waals surface area contributed by atoms with Gasteiger partial charge in [0.2, 0.25) is 5.91 Å². The van der Waals surface area contributed by atoms with Gasteiger partial charge < -0.3 is 15.3 Å². The van der Waals surface area contributed by atoms with Crippen molar-refractivity contribution in [2.75, 3.05) is 25.1 Å². The Labute approximate surface area is 130 Å². The van der Waals surface area contributed by atoms with Crippen molar-refractivity contribution in [2.45, 2.75) is 12.0 Å². The molecule has 1 aromatic rings. The quantitative estimate of drug-likeness (QED) is 0.838. The minimum absolute atomic E-state index is 0.156. The van der Waals surface area contributed by atoms with Crippen LogP contribution in [0, 0.1) is 0 Å². The van der Waals surface area contributed by atoms with E-state index in [9.17, 15) is 19.5 Å². The summed E-state index contributed by atoms with van der Waals surface area (Å²) >= 11 is 2.80. The first kappa shape index (κ1) is 15.8. The van der Waals surface area contributed by atoms with Gasteiger partial charge in [0.05, 0.1) is 11.4 Å². The van der Waals surface area contributed by atoms with Gasteiger partial charge in [0.25, 0.3) is 5.91 Å². The highest BCUT2D eigenvalue weighted by molar-refractivity contribution is 7.99. The van der Waals surface area contributed by atoms with Crippen LogP contribution in [0.15, 0.2) is 17.5 Å². The van der Waals surface area contributed by atoms with Gasteiger partial charge in [-0.1, -0.05) is 6.07 Å². The van der Waals surface area contributed by atoms with Crippen LogP contribution in [0.2, 0.25) is 0 Å². The number of amides is 2. The minimum Gasteiger partial charge on any atom is -0.479 e. The van der Waals surface area contributed by atoms with Gasteiger partial charge in [-0.3, -0.25) is 9.59 Å². The monoisotopic (exact) mass is 328 g/mol. The zero-order chi connectivity index (χ0) is 15.5. The number of likely N-dealkylation sites (N-methyl/N-ethyl adjacent to an activating group) is 1. The highest BCUT2D eigenvalue weighted by Crippen LogP contribution is 2.28. The van der Waals surface area contributed by atoms with Crippen LogP contribution in [0.5, 0.6) is 0 Å². The number of carboxylic acid groups (broad SMARTS) is 1. The molecule has 1 atom stereocenters. The zero-order valence-corrected chi connectivity index (χ0v) is 13.1. The molecule has 1 aliphatic rings. The number of carboxylic acids is 1. The van der Waals surface area contributed by atoms with Crippen molar-refractivity contribution in [3.63, 3.8) is 0 Å². The lowest BCUT2D eigenvalue weighted by atomic mass is 9.99. The normalized spacial score (nSPS) is 21.0. The predicted octanol–water partition coefficient (Wildman–Crippen LogP) is 0.897. The second kappa shape index (κ2) is 6.48. The van der Waals surface area contributed by atoms with Crippen LogP contribution in [-0.2, 0) is 9.59 Å². The lowest BCUT2D eigenvalue weighted by Crippen LogP contribution is -2.56. The van der Waals surface area contributed by atoms with Crippen molar-refractivity contribution in [1.82, 2.24) is 10.2 Å². The molecule has 1 unspecified atom stereocenters. The molecule has 114 valence electrons. The Kier molecular flexibility index (Phi) is 4.89. The molecule has 1 fully saturated rings. The third-order valence-corrected chi connectivity index (χ3v) is 5.32. The summed E-state index contributed by atoms with van der Waals surface area (Å²) in [6, 6.07) is 3.45. The largest absolute Gasteiger partial charge is 0.479 e. The standard InChI is InChI=1S/C13H16N2O4S2/c1-15(11(17)9-3-2-5-21-9)7-10(16)14-13(12(18)19)4-6-20-8-13/h2-3,5H,4,6-8H2,1H3,(H,14,16)(H,18,19). The molecule has 0 saturated carbocycles. The Hall–Kier alpha value is -1.54. The van der Waals surface area contributed by atoms with Gasteiger partial charge in [-0.2, -0.15) is 11.8 Å². The van der Waals surface area contributed by atoms with E-state index < -0.39 is 17.4 Å². The van der Waals surface area contributed by atoms with E-state index in [1.807, 2.05) is 0 Å². The van der Waals surface area contributed by atoms with E-state index in [4.69, 9.17) is 0 Å². The molecule has 0 aliphatic carbocycles. The van der Waals surface area contributed by atoms with Crippen molar-refractivity contribution < 1.29 is 19.5 Å². The third-order valence-electron chi connectivity index (χ3n) is 3.27. The molecule has 2 amide bonds. The van der Waals surface area contributed by atoms with E-state index in [-0.39, 0.29) is 12.5 Å². The number of thioether (sulfide) groups is 1.